The lowest BCUT2D eigenvalue weighted by Crippen LogP contribution is -2.18. The van der Waals surface area contributed by atoms with Gasteiger partial charge in [0.2, 0.25) is 11.8 Å². The van der Waals surface area contributed by atoms with E-state index >= 15 is 0 Å². The Morgan fingerprint density at radius 3 is 2.78 bits per heavy atom. The molecule has 0 unspecified atom stereocenters. The number of oxazole rings is 1. The molecule has 0 atom stereocenters. The van der Waals surface area contributed by atoms with Crippen LogP contribution in [0.4, 0.5) is 5.69 Å². The van der Waals surface area contributed by atoms with Gasteiger partial charge in [0, 0.05) is 11.0 Å². The Morgan fingerprint density at radius 2 is 2.07 bits per heavy atom. The molecule has 1 amide bonds. The van der Waals surface area contributed by atoms with Crippen LogP contribution in [-0.4, -0.2) is 30.4 Å². The molecule has 140 valence electrons. The fraction of sp³-hybridized carbons (Fsp3) is 0.263. The summed E-state index contributed by atoms with van der Waals surface area (Å²) >= 11 is 3.09. The molecular weight excluding hydrogens is 384 g/mol. The third-order valence-corrected chi connectivity index (χ3v) is 5.73. The van der Waals surface area contributed by atoms with Crippen LogP contribution in [0.25, 0.3) is 10.8 Å². The minimum Gasteiger partial charge on any atom is -0.486 e. The lowest BCUT2D eigenvalue weighted by molar-refractivity contribution is -0.115. The number of anilines is 1. The van der Waals surface area contributed by atoms with Gasteiger partial charge < -0.3 is 19.2 Å². The molecule has 3 heterocycles. The van der Waals surface area contributed by atoms with Crippen molar-refractivity contribution in [1.82, 2.24) is 4.98 Å². The average molecular weight is 402 g/mol. The molecule has 4 rings (SSSR count). The number of rotatable bonds is 5. The van der Waals surface area contributed by atoms with E-state index in [1.165, 1.54) is 11.8 Å². The quantitative estimate of drug-likeness (QED) is 0.638. The maximum atomic E-state index is 12.6. The summed E-state index contributed by atoms with van der Waals surface area (Å²) in [5, 5.41) is 4.92. The molecule has 1 aromatic carbocycles. The first-order valence-corrected chi connectivity index (χ1v) is 10.5. The fourth-order valence-electron chi connectivity index (χ4n) is 2.78. The second kappa shape index (κ2) is 7.66. The maximum Gasteiger partial charge on any atom is 0.236 e. The smallest absolute Gasteiger partial charge is 0.236 e. The van der Waals surface area contributed by atoms with Crippen LogP contribution in [0.15, 0.2) is 39.0 Å². The molecular formula is C19H18N2O4S2. The van der Waals surface area contributed by atoms with Crippen molar-refractivity contribution < 1.29 is 18.7 Å². The molecule has 8 heteroatoms. The van der Waals surface area contributed by atoms with Gasteiger partial charge in [-0.05, 0) is 30.7 Å². The molecule has 0 bridgehead atoms. The molecule has 27 heavy (non-hydrogen) atoms. The van der Waals surface area contributed by atoms with Gasteiger partial charge in [-0.15, -0.1) is 23.1 Å². The first-order valence-electron chi connectivity index (χ1n) is 8.41. The normalized spacial score (nSPS) is 12.8. The van der Waals surface area contributed by atoms with Crippen molar-refractivity contribution in [2.45, 2.75) is 18.2 Å². The van der Waals surface area contributed by atoms with Crippen LogP contribution in [0.5, 0.6) is 11.5 Å². The first-order chi connectivity index (χ1) is 13.1. The number of thiophene rings is 1. The van der Waals surface area contributed by atoms with Gasteiger partial charge in [0.1, 0.15) is 19.0 Å². The van der Waals surface area contributed by atoms with Crippen LogP contribution < -0.4 is 14.8 Å². The van der Waals surface area contributed by atoms with Gasteiger partial charge in [0.05, 0.1) is 22.7 Å². The predicted octanol–water partition coefficient (Wildman–Crippen LogP) is 4.39. The highest BCUT2D eigenvalue weighted by molar-refractivity contribution is 7.98. The van der Waals surface area contributed by atoms with Crippen molar-refractivity contribution in [1.29, 1.82) is 0 Å². The number of aromatic nitrogens is 1. The number of amides is 1. The van der Waals surface area contributed by atoms with Crippen molar-refractivity contribution >= 4 is 34.7 Å². The van der Waals surface area contributed by atoms with Crippen LogP contribution in [0.2, 0.25) is 0 Å². The number of hydrogen-bond acceptors (Lipinski definition) is 7. The van der Waals surface area contributed by atoms with Crippen LogP contribution >= 0.6 is 23.1 Å². The van der Waals surface area contributed by atoms with Crippen LogP contribution in [-0.2, 0) is 11.2 Å². The van der Waals surface area contributed by atoms with Gasteiger partial charge >= 0.3 is 0 Å². The molecule has 0 saturated carbocycles. The summed E-state index contributed by atoms with van der Waals surface area (Å²) < 4.78 is 16.9. The standard InChI is InChI=1S/C19H18N2O4S2/c1-11-12(21-19(25-11)16-4-3-7-27-16)9-18(22)20-13-8-14-15(10-17(13)26-2)24-6-5-23-14/h3-4,7-8,10H,5-6,9H2,1-2H3,(H,20,22). The second-order valence-electron chi connectivity index (χ2n) is 5.92. The van der Waals surface area contributed by atoms with E-state index in [1.54, 1.807) is 11.3 Å². The lowest BCUT2D eigenvalue weighted by Gasteiger charge is -2.20. The van der Waals surface area contributed by atoms with E-state index in [0.29, 0.717) is 47.7 Å². The molecule has 1 N–H and O–H groups in total. The monoisotopic (exact) mass is 402 g/mol. The maximum absolute atomic E-state index is 12.6. The van der Waals surface area contributed by atoms with Gasteiger partial charge in [0.25, 0.3) is 0 Å². The van der Waals surface area contributed by atoms with Gasteiger partial charge in [-0.1, -0.05) is 6.07 Å². The number of thioether (sulfide) groups is 1. The van der Waals surface area contributed by atoms with Crippen molar-refractivity contribution in [3.63, 3.8) is 0 Å². The van der Waals surface area contributed by atoms with Crippen molar-refractivity contribution in [2.75, 3.05) is 24.8 Å². The van der Waals surface area contributed by atoms with E-state index in [-0.39, 0.29) is 12.3 Å². The molecule has 0 radical (unpaired) electrons. The summed E-state index contributed by atoms with van der Waals surface area (Å²) in [6.07, 6.45) is 2.10. The molecule has 0 aliphatic carbocycles. The molecule has 0 spiro atoms. The number of carbonyl (C=O) groups excluding carboxylic acids is 1. The van der Waals surface area contributed by atoms with Gasteiger partial charge in [0.15, 0.2) is 11.5 Å². The summed E-state index contributed by atoms with van der Waals surface area (Å²) in [5.74, 6) is 2.40. The lowest BCUT2D eigenvalue weighted by atomic mass is 10.2. The second-order valence-corrected chi connectivity index (χ2v) is 7.72. The summed E-state index contributed by atoms with van der Waals surface area (Å²) in [5.41, 5.74) is 1.34. The summed E-state index contributed by atoms with van der Waals surface area (Å²) in [6, 6.07) is 7.59. The number of hydrogen-bond donors (Lipinski definition) is 1. The summed E-state index contributed by atoms with van der Waals surface area (Å²) in [4.78, 5) is 18.9. The first kappa shape index (κ1) is 17.9. The summed E-state index contributed by atoms with van der Waals surface area (Å²) in [7, 11) is 0. The highest BCUT2D eigenvalue weighted by Gasteiger charge is 2.19. The van der Waals surface area contributed by atoms with Crippen LogP contribution in [0, 0.1) is 6.92 Å². The third kappa shape index (κ3) is 3.81. The number of fused-ring (bicyclic) bond motifs is 1. The van der Waals surface area contributed by atoms with Gasteiger partial charge in [-0.25, -0.2) is 4.98 Å². The number of nitrogens with one attached hydrogen (secondary N) is 1. The Kier molecular flexibility index (Phi) is 5.09. The highest BCUT2D eigenvalue weighted by atomic mass is 32.2. The zero-order valence-electron chi connectivity index (χ0n) is 14.9. The van der Waals surface area contributed by atoms with Crippen molar-refractivity contribution in [3.8, 4) is 22.3 Å². The predicted molar refractivity (Wildman–Crippen MR) is 106 cm³/mol. The number of aryl methyl sites for hydroxylation is 1. The average Bonchev–Trinajstić information content (AvgIpc) is 3.31. The van der Waals surface area contributed by atoms with Crippen molar-refractivity contribution in [3.05, 3.63) is 41.1 Å². The SMILES string of the molecule is CSc1cc2c(cc1NC(=O)Cc1nc(-c3cccs3)oc1C)OCCO2. The zero-order chi connectivity index (χ0) is 18.8. The third-order valence-electron chi connectivity index (χ3n) is 4.09. The Balaban J connectivity index is 1.51. The number of benzene rings is 1. The summed E-state index contributed by atoms with van der Waals surface area (Å²) in [6.45, 7) is 2.86. The number of nitrogens with zero attached hydrogens (tertiary/aromatic N) is 1. The van der Waals surface area contributed by atoms with Crippen LogP contribution in [0.1, 0.15) is 11.5 Å². The minimum atomic E-state index is -0.156. The van der Waals surface area contributed by atoms with Gasteiger partial charge in [-0.2, -0.15) is 0 Å². The van der Waals surface area contributed by atoms with Crippen LogP contribution in [0.3, 0.4) is 0 Å². The van der Waals surface area contributed by atoms with E-state index in [4.69, 9.17) is 13.9 Å². The molecule has 2 aromatic heterocycles. The molecule has 6 nitrogen and oxygen atoms in total. The topological polar surface area (TPSA) is 73.6 Å². The Morgan fingerprint density at radius 1 is 1.30 bits per heavy atom. The van der Waals surface area contributed by atoms with E-state index < -0.39 is 0 Å². The minimum absolute atomic E-state index is 0.142. The molecule has 0 fully saturated rings. The molecule has 3 aromatic rings. The van der Waals surface area contributed by atoms with E-state index in [0.717, 1.165) is 9.77 Å². The fourth-order valence-corrected chi connectivity index (χ4v) is 3.98. The largest absolute Gasteiger partial charge is 0.486 e. The van der Waals surface area contributed by atoms with Gasteiger partial charge in [-0.3, -0.25) is 4.79 Å². The Hall–Kier alpha value is -2.45. The number of ether oxygens (including phenoxy) is 2. The van der Waals surface area contributed by atoms with Crippen molar-refractivity contribution in [2.24, 2.45) is 0 Å². The zero-order valence-corrected chi connectivity index (χ0v) is 16.5. The molecule has 1 aliphatic heterocycles. The van der Waals surface area contributed by atoms with E-state index in [9.17, 15) is 4.79 Å². The van der Waals surface area contributed by atoms with E-state index in [1.807, 2.05) is 42.8 Å². The Labute approximate surface area is 164 Å². The molecule has 0 saturated heterocycles. The molecule has 1 aliphatic rings. The number of carbonyl (C=O) groups is 1. The highest BCUT2D eigenvalue weighted by Crippen LogP contribution is 2.39. The van der Waals surface area contributed by atoms with E-state index in [2.05, 4.69) is 10.3 Å². The Bertz CT molecular complexity index is 967.